The number of carbonyl (C=O) groups is 1. The molecular weight excluding hydrogens is 442 g/mol. The number of amides is 1. The van der Waals surface area contributed by atoms with E-state index in [0.717, 1.165) is 32.2 Å². The van der Waals surface area contributed by atoms with E-state index in [1.54, 1.807) is 25.3 Å². The Hall–Kier alpha value is -3.31. The first-order valence-electron chi connectivity index (χ1n) is 9.48. The van der Waals surface area contributed by atoms with Gasteiger partial charge in [0.2, 0.25) is 0 Å². The van der Waals surface area contributed by atoms with Crippen LogP contribution in [0.2, 0.25) is 0 Å². The van der Waals surface area contributed by atoms with Gasteiger partial charge in [0, 0.05) is 21.3 Å². The largest absolute Gasteiger partial charge is 0.496 e. The van der Waals surface area contributed by atoms with Crippen molar-refractivity contribution in [2.24, 2.45) is 0 Å². The Kier molecular flexibility index (Phi) is 6.00. The first-order valence-corrected chi connectivity index (χ1v) is 10.3. The molecule has 0 saturated carbocycles. The van der Waals surface area contributed by atoms with E-state index in [4.69, 9.17) is 9.47 Å². The molecule has 0 aliphatic rings. The van der Waals surface area contributed by atoms with Gasteiger partial charge >= 0.3 is 0 Å². The molecule has 1 amide bonds. The number of halogens is 1. The van der Waals surface area contributed by atoms with Gasteiger partial charge in [-0.05, 0) is 59.3 Å². The van der Waals surface area contributed by atoms with E-state index in [0.29, 0.717) is 17.9 Å². The van der Waals surface area contributed by atoms with Crippen molar-refractivity contribution in [2.45, 2.75) is 6.61 Å². The average molecular weight is 462 g/mol. The van der Waals surface area contributed by atoms with Crippen LogP contribution >= 0.6 is 15.9 Å². The maximum atomic E-state index is 12.7. The van der Waals surface area contributed by atoms with Crippen LogP contribution in [0.3, 0.4) is 0 Å². The van der Waals surface area contributed by atoms with Crippen molar-refractivity contribution in [1.29, 1.82) is 0 Å². The van der Waals surface area contributed by atoms with Crippen LogP contribution in [0.25, 0.3) is 10.8 Å². The highest BCUT2D eigenvalue weighted by Gasteiger charge is 2.12. The summed E-state index contributed by atoms with van der Waals surface area (Å²) in [6.07, 6.45) is 0. The van der Waals surface area contributed by atoms with Crippen LogP contribution in [0.4, 0.5) is 5.69 Å². The molecule has 0 atom stereocenters. The number of ether oxygens (including phenoxy) is 2. The van der Waals surface area contributed by atoms with Gasteiger partial charge in [0.25, 0.3) is 5.91 Å². The van der Waals surface area contributed by atoms with Gasteiger partial charge < -0.3 is 14.8 Å². The van der Waals surface area contributed by atoms with Crippen molar-refractivity contribution in [1.82, 2.24) is 0 Å². The summed E-state index contributed by atoms with van der Waals surface area (Å²) in [6.45, 7) is 0.291. The topological polar surface area (TPSA) is 47.6 Å². The number of nitrogens with one attached hydrogen (secondary N) is 1. The van der Waals surface area contributed by atoms with Gasteiger partial charge in [-0.25, -0.2) is 0 Å². The molecule has 0 saturated heterocycles. The third kappa shape index (κ3) is 4.63. The van der Waals surface area contributed by atoms with Crippen LogP contribution in [-0.4, -0.2) is 13.0 Å². The molecule has 0 aromatic heterocycles. The Bertz CT molecular complexity index is 1210. The number of carbonyl (C=O) groups excluding carboxylic acids is 1. The molecule has 4 nitrogen and oxygen atoms in total. The van der Waals surface area contributed by atoms with Gasteiger partial charge in [-0.1, -0.05) is 52.3 Å². The number of benzene rings is 4. The van der Waals surface area contributed by atoms with Gasteiger partial charge in [0.05, 0.1) is 7.11 Å². The van der Waals surface area contributed by atoms with E-state index < -0.39 is 0 Å². The highest BCUT2D eigenvalue weighted by molar-refractivity contribution is 9.10. The van der Waals surface area contributed by atoms with Gasteiger partial charge in [0.1, 0.15) is 18.1 Å². The first kappa shape index (κ1) is 20.0. The Morgan fingerprint density at radius 3 is 2.53 bits per heavy atom. The molecule has 1 N–H and O–H groups in total. The zero-order chi connectivity index (χ0) is 20.9. The predicted octanol–water partition coefficient (Wildman–Crippen LogP) is 6.44. The lowest BCUT2D eigenvalue weighted by Crippen LogP contribution is -2.12. The molecule has 0 aliphatic carbocycles. The molecule has 0 radical (unpaired) electrons. The standard InChI is InChI=1S/C25H20BrNO3/c1-29-24-12-10-19(25(28)27-22-8-4-7-21(26)15-22)13-20(24)16-30-23-11-9-17-5-2-3-6-18(17)14-23/h2-15H,16H2,1H3,(H,27,28). The zero-order valence-electron chi connectivity index (χ0n) is 16.4. The van der Waals surface area contributed by atoms with Crippen molar-refractivity contribution in [3.05, 3.63) is 101 Å². The number of hydrogen-bond acceptors (Lipinski definition) is 3. The minimum atomic E-state index is -0.192. The van der Waals surface area contributed by atoms with Gasteiger partial charge in [0.15, 0.2) is 0 Å². The lowest BCUT2D eigenvalue weighted by molar-refractivity contribution is 0.102. The van der Waals surface area contributed by atoms with Crippen molar-refractivity contribution >= 4 is 38.3 Å². The summed E-state index contributed by atoms with van der Waals surface area (Å²) in [5, 5.41) is 5.18. The third-order valence-corrected chi connectivity index (χ3v) is 5.23. The molecule has 30 heavy (non-hydrogen) atoms. The molecule has 4 aromatic rings. The van der Waals surface area contributed by atoms with Gasteiger partial charge in [-0.2, -0.15) is 0 Å². The van der Waals surface area contributed by atoms with Crippen LogP contribution in [0.15, 0.2) is 89.4 Å². The van der Waals surface area contributed by atoms with E-state index in [9.17, 15) is 4.79 Å². The molecule has 150 valence electrons. The Labute approximate surface area is 183 Å². The summed E-state index contributed by atoms with van der Waals surface area (Å²) in [7, 11) is 1.61. The predicted molar refractivity (Wildman–Crippen MR) is 123 cm³/mol. The third-order valence-electron chi connectivity index (χ3n) is 4.74. The summed E-state index contributed by atoms with van der Waals surface area (Å²) in [5.41, 5.74) is 2.06. The van der Waals surface area contributed by atoms with Gasteiger partial charge in [-0.3, -0.25) is 4.79 Å². The Morgan fingerprint density at radius 1 is 0.900 bits per heavy atom. The van der Waals surface area contributed by atoms with Crippen molar-refractivity contribution in [2.75, 3.05) is 12.4 Å². The fourth-order valence-corrected chi connectivity index (χ4v) is 3.62. The normalized spacial score (nSPS) is 10.6. The maximum absolute atomic E-state index is 12.7. The monoisotopic (exact) mass is 461 g/mol. The zero-order valence-corrected chi connectivity index (χ0v) is 18.0. The van der Waals surface area contributed by atoms with E-state index in [1.165, 1.54) is 0 Å². The highest BCUT2D eigenvalue weighted by Crippen LogP contribution is 2.25. The number of fused-ring (bicyclic) bond motifs is 1. The minimum Gasteiger partial charge on any atom is -0.496 e. The second-order valence-corrected chi connectivity index (χ2v) is 7.70. The van der Waals surface area contributed by atoms with Crippen LogP contribution in [0.5, 0.6) is 11.5 Å². The summed E-state index contributed by atoms with van der Waals surface area (Å²) >= 11 is 3.41. The number of hydrogen-bond donors (Lipinski definition) is 1. The van der Waals surface area contributed by atoms with E-state index >= 15 is 0 Å². The molecule has 0 unspecified atom stereocenters. The second kappa shape index (κ2) is 9.01. The highest BCUT2D eigenvalue weighted by atomic mass is 79.9. The van der Waals surface area contributed by atoms with Crippen LogP contribution in [0, 0.1) is 0 Å². The van der Waals surface area contributed by atoms with Crippen LogP contribution in [-0.2, 0) is 6.61 Å². The fraction of sp³-hybridized carbons (Fsp3) is 0.0800. The summed E-state index contributed by atoms with van der Waals surface area (Å²) < 4.78 is 12.4. The summed E-state index contributed by atoms with van der Waals surface area (Å²) in [6, 6.07) is 26.9. The van der Waals surface area contributed by atoms with Crippen LogP contribution < -0.4 is 14.8 Å². The molecule has 0 bridgehead atoms. The quantitative estimate of drug-likeness (QED) is 0.359. The molecule has 0 fully saturated rings. The SMILES string of the molecule is COc1ccc(C(=O)Nc2cccc(Br)c2)cc1COc1ccc2ccccc2c1. The Balaban J connectivity index is 1.52. The summed E-state index contributed by atoms with van der Waals surface area (Å²) in [4.78, 5) is 12.7. The molecule has 4 rings (SSSR count). The molecule has 5 heteroatoms. The number of anilines is 1. The van der Waals surface area contributed by atoms with E-state index in [2.05, 4.69) is 33.4 Å². The number of methoxy groups -OCH3 is 1. The molecule has 0 aliphatic heterocycles. The summed E-state index contributed by atoms with van der Waals surface area (Å²) in [5.74, 6) is 1.25. The molecule has 4 aromatic carbocycles. The smallest absolute Gasteiger partial charge is 0.255 e. The lowest BCUT2D eigenvalue weighted by Gasteiger charge is -2.13. The molecular formula is C25H20BrNO3. The fourth-order valence-electron chi connectivity index (χ4n) is 3.22. The van der Waals surface area contributed by atoms with Crippen molar-refractivity contribution in [3.63, 3.8) is 0 Å². The lowest BCUT2D eigenvalue weighted by atomic mass is 10.1. The van der Waals surface area contributed by atoms with Gasteiger partial charge in [-0.15, -0.1) is 0 Å². The maximum Gasteiger partial charge on any atom is 0.255 e. The van der Waals surface area contributed by atoms with E-state index in [-0.39, 0.29) is 5.91 Å². The molecule has 0 heterocycles. The Morgan fingerprint density at radius 2 is 1.73 bits per heavy atom. The number of rotatable bonds is 6. The van der Waals surface area contributed by atoms with Crippen molar-refractivity contribution in [3.8, 4) is 11.5 Å². The van der Waals surface area contributed by atoms with Crippen LogP contribution in [0.1, 0.15) is 15.9 Å². The van der Waals surface area contributed by atoms with Crippen molar-refractivity contribution < 1.29 is 14.3 Å². The van der Waals surface area contributed by atoms with E-state index in [1.807, 2.05) is 54.6 Å². The first-order chi connectivity index (χ1) is 14.6. The average Bonchev–Trinajstić information content (AvgIpc) is 2.77. The minimum absolute atomic E-state index is 0.192. The molecule has 0 spiro atoms. The second-order valence-electron chi connectivity index (χ2n) is 6.79.